The zero-order chi connectivity index (χ0) is 27.2. The van der Waals surface area contributed by atoms with Crippen LogP contribution in [0.2, 0.25) is 0 Å². The second kappa shape index (κ2) is 12.2. The van der Waals surface area contributed by atoms with Crippen LogP contribution in [0.4, 0.5) is 5.69 Å². The fraction of sp³-hybridized carbons (Fsp3) is 0.480. The first-order valence-electron chi connectivity index (χ1n) is 11.5. The predicted octanol–water partition coefficient (Wildman–Crippen LogP) is 3.67. The largest absolute Gasteiger partial charge is 0.482 e. The molecule has 0 unspecified atom stereocenters. The third kappa shape index (κ3) is 6.83. The number of benzene rings is 1. The van der Waals surface area contributed by atoms with Crippen LogP contribution in [0.15, 0.2) is 40.7 Å². The normalized spacial score (nSPS) is 14.0. The maximum absolute atomic E-state index is 13.2. The minimum Gasteiger partial charge on any atom is -0.482 e. The van der Waals surface area contributed by atoms with E-state index < -0.39 is 47.6 Å². The Labute approximate surface area is 209 Å². The Kier molecular flexibility index (Phi) is 9.60. The maximum Gasteiger partial charge on any atom is 0.344 e. The van der Waals surface area contributed by atoms with E-state index in [0.29, 0.717) is 11.4 Å². The van der Waals surface area contributed by atoms with Crippen LogP contribution in [0.25, 0.3) is 0 Å². The molecule has 11 heteroatoms. The van der Waals surface area contributed by atoms with Gasteiger partial charge >= 0.3 is 17.9 Å². The SMILES string of the molecule is CCOC(=O)COc1ccc([N+](=O)[O-])cc1C1C(C(=O)OC(C)C)=C(C)NC(C)=C1C(=O)OC(C)C. The first kappa shape index (κ1) is 28.3. The van der Waals surface area contributed by atoms with Crippen molar-refractivity contribution in [2.45, 2.75) is 66.6 Å². The molecule has 0 fully saturated rings. The Morgan fingerprint density at radius 3 is 1.97 bits per heavy atom. The van der Waals surface area contributed by atoms with Crippen molar-refractivity contribution in [1.82, 2.24) is 5.32 Å². The minimum absolute atomic E-state index is 0.0610. The molecule has 0 radical (unpaired) electrons. The van der Waals surface area contributed by atoms with Crippen LogP contribution in [0.1, 0.15) is 59.9 Å². The Morgan fingerprint density at radius 1 is 1.00 bits per heavy atom. The molecule has 0 aliphatic carbocycles. The summed E-state index contributed by atoms with van der Waals surface area (Å²) in [6, 6.07) is 3.73. The highest BCUT2D eigenvalue weighted by molar-refractivity contribution is 6.00. The van der Waals surface area contributed by atoms with E-state index in [0.717, 1.165) is 0 Å². The van der Waals surface area contributed by atoms with Gasteiger partial charge in [-0.25, -0.2) is 14.4 Å². The van der Waals surface area contributed by atoms with E-state index in [1.54, 1.807) is 48.5 Å². The summed E-state index contributed by atoms with van der Waals surface area (Å²) in [5.41, 5.74) is 0.743. The molecule has 1 aromatic rings. The van der Waals surface area contributed by atoms with E-state index in [2.05, 4.69) is 5.32 Å². The molecule has 0 spiro atoms. The molecule has 0 atom stereocenters. The molecule has 0 aromatic heterocycles. The molecule has 1 aliphatic heterocycles. The van der Waals surface area contributed by atoms with Crippen molar-refractivity contribution in [1.29, 1.82) is 0 Å². The summed E-state index contributed by atoms with van der Waals surface area (Å²) >= 11 is 0. The average Bonchev–Trinajstić information content (AvgIpc) is 2.75. The molecule has 1 heterocycles. The topological polar surface area (TPSA) is 143 Å². The Bertz CT molecular complexity index is 1060. The molecule has 0 saturated heterocycles. The molecule has 2 rings (SSSR count). The summed E-state index contributed by atoms with van der Waals surface area (Å²) in [6.07, 6.45) is -0.942. The number of nitrogens with one attached hydrogen (secondary N) is 1. The van der Waals surface area contributed by atoms with Gasteiger partial charge in [-0.1, -0.05) is 0 Å². The van der Waals surface area contributed by atoms with Crippen molar-refractivity contribution in [2.75, 3.05) is 13.2 Å². The van der Waals surface area contributed by atoms with Crippen LogP contribution >= 0.6 is 0 Å². The van der Waals surface area contributed by atoms with Gasteiger partial charge in [-0.05, 0) is 54.5 Å². The van der Waals surface area contributed by atoms with Crippen molar-refractivity contribution in [2.24, 2.45) is 0 Å². The number of nitro benzene ring substituents is 1. The monoisotopic (exact) mass is 504 g/mol. The number of rotatable bonds is 10. The number of allylic oxidation sites excluding steroid dienone is 2. The number of non-ortho nitro benzene ring substituents is 1. The smallest absolute Gasteiger partial charge is 0.344 e. The van der Waals surface area contributed by atoms with Gasteiger partial charge in [0.05, 0.1) is 40.8 Å². The van der Waals surface area contributed by atoms with E-state index in [-0.39, 0.29) is 34.8 Å². The van der Waals surface area contributed by atoms with E-state index >= 15 is 0 Å². The third-order valence-electron chi connectivity index (χ3n) is 5.05. The number of carbonyl (C=O) groups excluding carboxylic acids is 3. The number of esters is 3. The third-order valence-corrected chi connectivity index (χ3v) is 5.05. The average molecular weight is 505 g/mol. The number of carbonyl (C=O) groups is 3. The lowest BCUT2D eigenvalue weighted by Gasteiger charge is -2.32. The van der Waals surface area contributed by atoms with Crippen LogP contribution in [0.3, 0.4) is 0 Å². The zero-order valence-corrected chi connectivity index (χ0v) is 21.5. The number of nitrogens with zero attached hydrogens (tertiary/aromatic N) is 1. The summed E-state index contributed by atoms with van der Waals surface area (Å²) in [7, 11) is 0. The number of nitro groups is 1. The molecule has 1 N–H and O–H groups in total. The Balaban J connectivity index is 2.78. The summed E-state index contributed by atoms with van der Waals surface area (Å²) < 4.78 is 21.5. The van der Waals surface area contributed by atoms with Crippen LogP contribution in [-0.4, -0.2) is 48.3 Å². The van der Waals surface area contributed by atoms with Gasteiger partial charge in [0.25, 0.3) is 5.69 Å². The number of dihydropyridines is 1. The molecule has 196 valence electrons. The highest BCUT2D eigenvalue weighted by Gasteiger charge is 2.40. The van der Waals surface area contributed by atoms with Crippen molar-refractivity contribution in [3.05, 3.63) is 56.4 Å². The van der Waals surface area contributed by atoms with E-state index in [9.17, 15) is 24.5 Å². The lowest BCUT2D eigenvalue weighted by molar-refractivity contribution is -0.384. The van der Waals surface area contributed by atoms with Crippen LogP contribution in [0.5, 0.6) is 5.75 Å². The molecule has 0 saturated carbocycles. The summed E-state index contributed by atoms with van der Waals surface area (Å²) in [5.74, 6) is -3.16. The number of ether oxygens (including phenoxy) is 4. The fourth-order valence-corrected chi connectivity index (χ4v) is 3.75. The van der Waals surface area contributed by atoms with Crippen molar-refractivity contribution >= 4 is 23.6 Å². The van der Waals surface area contributed by atoms with Gasteiger partial charge < -0.3 is 24.3 Å². The molecular formula is C25H32N2O9. The lowest BCUT2D eigenvalue weighted by atomic mass is 9.79. The number of hydrogen-bond acceptors (Lipinski definition) is 10. The van der Waals surface area contributed by atoms with Crippen LogP contribution in [-0.2, 0) is 28.6 Å². The van der Waals surface area contributed by atoms with E-state index in [1.807, 2.05) is 0 Å². The second-order valence-corrected chi connectivity index (χ2v) is 8.62. The van der Waals surface area contributed by atoms with Gasteiger partial charge in [-0.2, -0.15) is 0 Å². The van der Waals surface area contributed by atoms with Crippen molar-refractivity contribution in [3.63, 3.8) is 0 Å². The van der Waals surface area contributed by atoms with Gasteiger partial charge in [0.1, 0.15) is 5.75 Å². The lowest BCUT2D eigenvalue weighted by Crippen LogP contribution is -2.34. The quantitative estimate of drug-likeness (QED) is 0.217. The zero-order valence-electron chi connectivity index (χ0n) is 21.5. The van der Waals surface area contributed by atoms with Crippen LogP contribution in [0, 0.1) is 10.1 Å². The van der Waals surface area contributed by atoms with E-state index in [1.165, 1.54) is 18.2 Å². The molecule has 1 aromatic carbocycles. The molecule has 0 bridgehead atoms. The minimum atomic E-state index is -1.14. The molecule has 36 heavy (non-hydrogen) atoms. The molecule has 0 amide bonds. The summed E-state index contributed by atoms with van der Waals surface area (Å²) in [6.45, 7) is 11.3. The molecule has 1 aliphatic rings. The summed E-state index contributed by atoms with van der Waals surface area (Å²) in [4.78, 5) is 49.4. The summed E-state index contributed by atoms with van der Waals surface area (Å²) in [5, 5.41) is 14.6. The van der Waals surface area contributed by atoms with Crippen LogP contribution < -0.4 is 10.1 Å². The maximum atomic E-state index is 13.2. The van der Waals surface area contributed by atoms with Gasteiger partial charge in [0.15, 0.2) is 6.61 Å². The standard InChI is InChI=1S/C25H32N2O9/c1-8-33-20(28)12-34-19-10-9-17(27(31)32)11-18(19)23-21(24(29)35-13(2)3)15(6)26-16(7)22(23)25(30)36-14(4)5/h9-11,13-14,23,26H,8,12H2,1-7H3. The Hall–Kier alpha value is -3.89. The van der Waals surface area contributed by atoms with Gasteiger partial charge in [-0.3, -0.25) is 10.1 Å². The first-order chi connectivity index (χ1) is 16.9. The highest BCUT2D eigenvalue weighted by Crippen LogP contribution is 2.44. The highest BCUT2D eigenvalue weighted by atomic mass is 16.6. The van der Waals surface area contributed by atoms with Crippen molar-refractivity contribution < 1.29 is 38.3 Å². The van der Waals surface area contributed by atoms with Gasteiger partial charge in [0.2, 0.25) is 0 Å². The van der Waals surface area contributed by atoms with E-state index in [4.69, 9.17) is 18.9 Å². The van der Waals surface area contributed by atoms with Gasteiger partial charge in [0, 0.05) is 29.1 Å². The number of hydrogen-bond donors (Lipinski definition) is 1. The molecule has 11 nitrogen and oxygen atoms in total. The molecular weight excluding hydrogens is 472 g/mol. The fourth-order valence-electron chi connectivity index (χ4n) is 3.75. The predicted molar refractivity (Wildman–Crippen MR) is 129 cm³/mol. The Morgan fingerprint density at radius 2 is 1.53 bits per heavy atom. The van der Waals surface area contributed by atoms with Crippen molar-refractivity contribution in [3.8, 4) is 5.75 Å². The second-order valence-electron chi connectivity index (χ2n) is 8.62. The first-order valence-corrected chi connectivity index (χ1v) is 11.5. The van der Waals surface area contributed by atoms with Gasteiger partial charge in [-0.15, -0.1) is 0 Å².